The molecular formula is C6H10N2OS. The van der Waals surface area contributed by atoms with Crippen molar-refractivity contribution in [2.24, 2.45) is 0 Å². The molecule has 1 atom stereocenters. The van der Waals surface area contributed by atoms with Crippen molar-refractivity contribution in [1.29, 1.82) is 0 Å². The fourth-order valence-electron chi connectivity index (χ4n) is 0.253. The minimum absolute atomic E-state index is 0.472. The molecule has 1 unspecified atom stereocenters. The Kier molecular flexibility index (Phi) is 6.11. The predicted octanol–water partition coefficient (Wildman–Crippen LogP) is 0.731. The minimum Gasteiger partial charge on any atom is -0.383 e. The van der Waals surface area contributed by atoms with Crippen LogP contribution in [0.4, 0.5) is 0 Å². The van der Waals surface area contributed by atoms with Gasteiger partial charge in [0.05, 0.1) is 5.44 Å². The molecule has 3 nitrogen and oxygen atoms in total. The Morgan fingerprint density at radius 2 is 1.80 bits per heavy atom. The standard InChI is InChI=1S/C4H4N2.C2H6OS/c1-2-5-4-6-3-1;1-2(3)4/h1-4H;2-4H,1H3. The Bertz CT molecular complexity index is 116. The molecule has 0 aromatic carbocycles. The van der Waals surface area contributed by atoms with E-state index in [4.69, 9.17) is 5.11 Å². The summed E-state index contributed by atoms with van der Waals surface area (Å²) >= 11 is 3.52. The maximum Gasteiger partial charge on any atom is 0.115 e. The van der Waals surface area contributed by atoms with E-state index in [9.17, 15) is 0 Å². The molecule has 1 heterocycles. The number of thiol groups is 1. The van der Waals surface area contributed by atoms with Gasteiger partial charge in [-0.25, -0.2) is 9.97 Å². The summed E-state index contributed by atoms with van der Waals surface area (Å²) in [5, 5.41) is 7.92. The van der Waals surface area contributed by atoms with Crippen LogP contribution in [0.3, 0.4) is 0 Å². The highest BCUT2D eigenvalue weighted by Gasteiger charge is 1.70. The molecule has 4 heteroatoms. The summed E-state index contributed by atoms with van der Waals surface area (Å²) < 4.78 is 0. The zero-order valence-electron chi connectivity index (χ0n) is 5.68. The first-order chi connectivity index (χ1) is 4.73. The summed E-state index contributed by atoms with van der Waals surface area (Å²) in [5.74, 6) is 0. The lowest BCUT2D eigenvalue weighted by Gasteiger charge is -1.79. The Hall–Kier alpha value is -0.610. The van der Waals surface area contributed by atoms with Gasteiger partial charge in [0, 0.05) is 12.4 Å². The van der Waals surface area contributed by atoms with Gasteiger partial charge in [-0.05, 0) is 13.0 Å². The number of aliphatic hydroxyl groups is 1. The lowest BCUT2D eigenvalue weighted by Crippen LogP contribution is -1.79. The molecule has 10 heavy (non-hydrogen) atoms. The van der Waals surface area contributed by atoms with Crippen LogP contribution in [-0.4, -0.2) is 20.5 Å². The van der Waals surface area contributed by atoms with Crippen LogP contribution in [-0.2, 0) is 0 Å². The van der Waals surface area contributed by atoms with Crippen LogP contribution < -0.4 is 0 Å². The zero-order chi connectivity index (χ0) is 7.82. The van der Waals surface area contributed by atoms with E-state index in [0.717, 1.165) is 0 Å². The molecule has 1 aromatic rings. The fraction of sp³-hybridized carbons (Fsp3) is 0.333. The first kappa shape index (κ1) is 9.39. The van der Waals surface area contributed by atoms with Gasteiger partial charge in [-0.15, -0.1) is 12.6 Å². The van der Waals surface area contributed by atoms with Crippen LogP contribution in [0.5, 0.6) is 0 Å². The second-order valence-corrected chi connectivity index (χ2v) is 2.28. The zero-order valence-corrected chi connectivity index (χ0v) is 6.57. The van der Waals surface area contributed by atoms with E-state index in [0.29, 0.717) is 0 Å². The third-order valence-corrected chi connectivity index (χ3v) is 0.478. The quantitative estimate of drug-likeness (QED) is 0.432. The van der Waals surface area contributed by atoms with Crippen LogP contribution in [0, 0.1) is 0 Å². The van der Waals surface area contributed by atoms with Crippen molar-refractivity contribution < 1.29 is 5.11 Å². The number of aliphatic hydroxyl groups excluding tert-OH is 1. The summed E-state index contributed by atoms with van der Waals surface area (Å²) in [4.78, 5) is 7.35. The SMILES string of the molecule is CC(O)S.c1cncnc1. The number of aromatic nitrogens is 2. The molecule has 0 aliphatic heterocycles. The van der Waals surface area contributed by atoms with Crippen molar-refractivity contribution in [3.8, 4) is 0 Å². The topological polar surface area (TPSA) is 46.0 Å². The Morgan fingerprint density at radius 3 is 1.90 bits per heavy atom. The van der Waals surface area contributed by atoms with Gasteiger partial charge in [-0.1, -0.05) is 0 Å². The highest BCUT2D eigenvalue weighted by Crippen LogP contribution is 1.78. The van der Waals surface area contributed by atoms with Gasteiger partial charge in [-0.3, -0.25) is 0 Å². The largest absolute Gasteiger partial charge is 0.383 e. The van der Waals surface area contributed by atoms with Gasteiger partial charge in [-0.2, -0.15) is 0 Å². The van der Waals surface area contributed by atoms with Gasteiger partial charge in [0.1, 0.15) is 6.33 Å². The van der Waals surface area contributed by atoms with Crippen LogP contribution in [0.25, 0.3) is 0 Å². The average molecular weight is 158 g/mol. The van der Waals surface area contributed by atoms with Crippen LogP contribution >= 0.6 is 12.6 Å². The summed E-state index contributed by atoms with van der Waals surface area (Å²) in [6.07, 6.45) is 4.88. The number of hydrogen-bond donors (Lipinski definition) is 2. The molecule has 0 aliphatic carbocycles. The smallest absolute Gasteiger partial charge is 0.115 e. The van der Waals surface area contributed by atoms with E-state index in [1.54, 1.807) is 25.4 Å². The predicted molar refractivity (Wildman–Crippen MR) is 42.7 cm³/mol. The highest BCUT2D eigenvalue weighted by molar-refractivity contribution is 7.80. The Labute approximate surface area is 65.6 Å². The van der Waals surface area contributed by atoms with Gasteiger partial charge in [0.2, 0.25) is 0 Å². The van der Waals surface area contributed by atoms with E-state index < -0.39 is 5.44 Å². The van der Waals surface area contributed by atoms with Gasteiger partial charge in [0.25, 0.3) is 0 Å². The molecule has 0 aliphatic rings. The summed E-state index contributed by atoms with van der Waals surface area (Å²) in [7, 11) is 0. The second kappa shape index (κ2) is 6.51. The average Bonchev–Trinajstić information content (AvgIpc) is 1.90. The molecule has 0 spiro atoms. The number of hydrogen-bond acceptors (Lipinski definition) is 4. The summed E-state index contributed by atoms with van der Waals surface area (Å²) in [5.41, 5.74) is -0.472. The fourth-order valence-corrected chi connectivity index (χ4v) is 0.253. The molecule has 0 saturated carbocycles. The molecule has 1 rings (SSSR count). The molecule has 0 bridgehead atoms. The molecule has 0 amide bonds. The summed E-state index contributed by atoms with van der Waals surface area (Å²) in [6, 6.07) is 1.78. The molecule has 1 aromatic heterocycles. The van der Waals surface area contributed by atoms with Crippen molar-refractivity contribution in [3.63, 3.8) is 0 Å². The van der Waals surface area contributed by atoms with Gasteiger partial charge >= 0.3 is 0 Å². The Morgan fingerprint density at radius 1 is 1.40 bits per heavy atom. The Balaban J connectivity index is 0.000000180. The van der Waals surface area contributed by atoms with Crippen molar-refractivity contribution >= 4 is 12.6 Å². The molecule has 0 radical (unpaired) electrons. The second-order valence-electron chi connectivity index (χ2n) is 1.54. The van der Waals surface area contributed by atoms with Crippen molar-refractivity contribution in [1.82, 2.24) is 9.97 Å². The van der Waals surface area contributed by atoms with E-state index in [2.05, 4.69) is 22.6 Å². The third-order valence-electron chi connectivity index (χ3n) is 0.478. The van der Waals surface area contributed by atoms with E-state index >= 15 is 0 Å². The maximum atomic E-state index is 7.92. The van der Waals surface area contributed by atoms with Gasteiger partial charge in [0.15, 0.2) is 0 Å². The van der Waals surface area contributed by atoms with E-state index in [1.807, 2.05) is 0 Å². The normalized spacial score (nSPS) is 11.1. The molecule has 56 valence electrons. The van der Waals surface area contributed by atoms with Crippen molar-refractivity contribution in [3.05, 3.63) is 24.8 Å². The van der Waals surface area contributed by atoms with Crippen molar-refractivity contribution in [2.45, 2.75) is 12.4 Å². The van der Waals surface area contributed by atoms with Crippen LogP contribution in [0.2, 0.25) is 0 Å². The van der Waals surface area contributed by atoms with Gasteiger partial charge < -0.3 is 5.11 Å². The van der Waals surface area contributed by atoms with E-state index in [1.165, 1.54) is 6.33 Å². The first-order valence-electron chi connectivity index (χ1n) is 2.79. The lowest BCUT2D eigenvalue weighted by atomic mass is 10.7. The monoisotopic (exact) mass is 158 g/mol. The summed E-state index contributed by atoms with van der Waals surface area (Å²) in [6.45, 7) is 1.59. The highest BCUT2D eigenvalue weighted by atomic mass is 32.1. The van der Waals surface area contributed by atoms with E-state index in [-0.39, 0.29) is 0 Å². The maximum absolute atomic E-state index is 7.92. The lowest BCUT2D eigenvalue weighted by molar-refractivity contribution is 0.286. The first-order valence-corrected chi connectivity index (χ1v) is 3.31. The molecule has 0 fully saturated rings. The van der Waals surface area contributed by atoms with Crippen LogP contribution in [0.1, 0.15) is 6.92 Å². The number of nitrogens with zero attached hydrogens (tertiary/aromatic N) is 2. The molecule has 1 N–H and O–H groups in total. The number of rotatable bonds is 0. The minimum atomic E-state index is -0.472. The molecule has 0 saturated heterocycles. The third kappa shape index (κ3) is 10.4. The van der Waals surface area contributed by atoms with Crippen molar-refractivity contribution in [2.75, 3.05) is 0 Å². The molecular weight excluding hydrogens is 148 g/mol. The van der Waals surface area contributed by atoms with Crippen LogP contribution in [0.15, 0.2) is 24.8 Å².